The van der Waals surface area contributed by atoms with Crippen LogP contribution in [0.4, 0.5) is 5.82 Å². The fourth-order valence-electron chi connectivity index (χ4n) is 2.46. The minimum atomic E-state index is -0.0672. The summed E-state index contributed by atoms with van der Waals surface area (Å²) in [6.07, 6.45) is 0. The van der Waals surface area contributed by atoms with Crippen molar-refractivity contribution in [3.05, 3.63) is 50.8 Å². The third kappa shape index (κ3) is 2.56. The Balaban J connectivity index is 2.18. The third-order valence-electron chi connectivity index (χ3n) is 3.44. The van der Waals surface area contributed by atoms with Gasteiger partial charge in [0.2, 0.25) is 0 Å². The molecule has 6 heteroatoms. The molecule has 0 radical (unpaired) electrons. The van der Waals surface area contributed by atoms with Gasteiger partial charge in [0.05, 0.1) is 15.9 Å². The molecule has 1 aliphatic heterocycles. The topological polar surface area (TPSA) is 50.1 Å². The van der Waals surface area contributed by atoms with Crippen LogP contribution in [0.1, 0.15) is 43.2 Å². The predicted molar refractivity (Wildman–Crippen MR) is 89.1 cm³/mol. The van der Waals surface area contributed by atoms with E-state index in [1.807, 2.05) is 49.7 Å². The van der Waals surface area contributed by atoms with Gasteiger partial charge in [0.1, 0.15) is 0 Å². The lowest BCUT2D eigenvalue weighted by Crippen LogP contribution is -2.13. The van der Waals surface area contributed by atoms with Crippen molar-refractivity contribution >= 4 is 34.2 Å². The van der Waals surface area contributed by atoms with Crippen molar-refractivity contribution in [1.29, 1.82) is 0 Å². The van der Waals surface area contributed by atoms with Crippen molar-refractivity contribution in [1.82, 2.24) is 9.78 Å². The Morgan fingerprint density at radius 3 is 2.62 bits per heavy atom. The first-order valence-electron chi connectivity index (χ1n) is 6.79. The van der Waals surface area contributed by atoms with Crippen LogP contribution < -0.4 is 5.56 Å². The van der Waals surface area contributed by atoms with Gasteiger partial charge in [-0.25, -0.2) is 4.99 Å². The zero-order valence-corrected chi connectivity index (χ0v) is 13.6. The van der Waals surface area contributed by atoms with E-state index in [1.54, 1.807) is 11.8 Å². The number of H-pyrrole nitrogens is 1. The number of benzene rings is 1. The summed E-state index contributed by atoms with van der Waals surface area (Å²) in [6.45, 7) is 6.03. The Morgan fingerprint density at radius 1 is 1.33 bits per heavy atom. The number of hydrogen-bond acceptors (Lipinski definition) is 3. The molecule has 0 bridgehead atoms. The molecule has 1 aromatic heterocycles. The molecule has 0 saturated heterocycles. The normalized spacial score (nSPS) is 17.8. The van der Waals surface area contributed by atoms with E-state index in [0.29, 0.717) is 5.02 Å². The standard InChI is InChI=1S/C15H16ClN3OS/c1-8(2)19-14-12(15(20)18-19)13(21-9(3)17-14)10-4-6-11(16)7-5-10/h4-8,13H,1-3H3,(H,18,20). The molecule has 110 valence electrons. The lowest BCUT2D eigenvalue weighted by molar-refractivity contribution is 0.533. The van der Waals surface area contributed by atoms with Crippen LogP contribution in [0.25, 0.3) is 0 Å². The molecule has 0 aliphatic carbocycles. The maximum Gasteiger partial charge on any atom is 0.271 e. The molecule has 0 amide bonds. The highest BCUT2D eigenvalue weighted by atomic mass is 35.5. The first-order chi connectivity index (χ1) is 9.97. The molecule has 1 N–H and O–H groups in total. The molecule has 2 heterocycles. The van der Waals surface area contributed by atoms with Gasteiger partial charge >= 0.3 is 0 Å². The maximum absolute atomic E-state index is 12.4. The van der Waals surface area contributed by atoms with Gasteiger partial charge in [-0.15, -0.1) is 0 Å². The number of aromatic amines is 1. The van der Waals surface area contributed by atoms with Crippen LogP contribution in [0.15, 0.2) is 34.1 Å². The first-order valence-corrected chi connectivity index (χ1v) is 8.05. The predicted octanol–water partition coefficient (Wildman–Crippen LogP) is 4.30. The molecule has 2 aromatic rings. The van der Waals surface area contributed by atoms with Crippen LogP contribution in [-0.4, -0.2) is 14.8 Å². The molecule has 0 fully saturated rings. The number of halogens is 1. The third-order valence-corrected chi connectivity index (χ3v) is 4.87. The monoisotopic (exact) mass is 321 g/mol. The molecule has 0 spiro atoms. The summed E-state index contributed by atoms with van der Waals surface area (Å²) >= 11 is 7.55. The number of rotatable bonds is 2. The summed E-state index contributed by atoms with van der Waals surface area (Å²) in [4.78, 5) is 16.9. The van der Waals surface area contributed by atoms with Gasteiger partial charge in [0, 0.05) is 11.1 Å². The number of nitrogens with one attached hydrogen (secondary N) is 1. The van der Waals surface area contributed by atoms with Crippen LogP contribution in [0, 0.1) is 0 Å². The van der Waals surface area contributed by atoms with E-state index in [9.17, 15) is 4.79 Å². The Hall–Kier alpha value is -1.46. The molecule has 1 atom stereocenters. The molecule has 1 aromatic carbocycles. The van der Waals surface area contributed by atoms with Gasteiger partial charge in [-0.3, -0.25) is 14.6 Å². The van der Waals surface area contributed by atoms with Crippen molar-refractivity contribution in [2.24, 2.45) is 4.99 Å². The highest BCUT2D eigenvalue weighted by molar-refractivity contribution is 8.14. The quantitative estimate of drug-likeness (QED) is 0.896. The average molecular weight is 322 g/mol. The van der Waals surface area contributed by atoms with Gasteiger partial charge < -0.3 is 0 Å². The molecular weight excluding hydrogens is 306 g/mol. The molecule has 0 saturated carbocycles. The van der Waals surface area contributed by atoms with Crippen LogP contribution in [0.3, 0.4) is 0 Å². The number of aliphatic imine (C=N–C) groups is 1. The van der Waals surface area contributed by atoms with Crippen LogP contribution in [0.2, 0.25) is 5.02 Å². The van der Waals surface area contributed by atoms with E-state index >= 15 is 0 Å². The second-order valence-electron chi connectivity index (χ2n) is 5.32. The smallest absolute Gasteiger partial charge is 0.268 e. The van der Waals surface area contributed by atoms with E-state index < -0.39 is 0 Å². The molecule has 3 rings (SSSR count). The SMILES string of the molecule is CC1=Nc2c(c(=O)[nH]n2C(C)C)C(c2ccc(Cl)cc2)S1. The van der Waals surface area contributed by atoms with Crippen molar-refractivity contribution in [2.45, 2.75) is 32.1 Å². The zero-order valence-electron chi connectivity index (χ0n) is 12.1. The number of fused-ring (bicyclic) bond motifs is 1. The average Bonchev–Trinajstić information content (AvgIpc) is 2.76. The largest absolute Gasteiger partial charge is 0.271 e. The summed E-state index contributed by atoms with van der Waals surface area (Å²) < 4.78 is 1.84. The second-order valence-corrected chi connectivity index (χ2v) is 7.06. The summed E-state index contributed by atoms with van der Waals surface area (Å²) in [7, 11) is 0. The van der Waals surface area contributed by atoms with Crippen molar-refractivity contribution < 1.29 is 0 Å². The fraction of sp³-hybridized carbons (Fsp3) is 0.333. The summed E-state index contributed by atoms with van der Waals surface area (Å²) in [5, 5.41) is 4.51. The van der Waals surface area contributed by atoms with Crippen LogP contribution in [0.5, 0.6) is 0 Å². The van der Waals surface area contributed by atoms with Gasteiger partial charge in [-0.1, -0.05) is 35.5 Å². The fourth-order valence-corrected chi connectivity index (χ4v) is 3.69. The highest BCUT2D eigenvalue weighted by Crippen LogP contribution is 2.44. The van der Waals surface area contributed by atoms with Crippen LogP contribution >= 0.6 is 23.4 Å². The number of aromatic nitrogens is 2. The minimum absolute atomic E-state index is 0.0430. The van der Waals surface area contributed by atoms with E-state index in [2.05, 4.69) is 10.1 Å². The molecule has 1 aliphatic rings. The lowest BCUT2D eigenvalue weighted by Gasteiger charge is -2.21. The summed E-state index contributed by atoms with van der Waals surface area (Å²) in [5.74, 6) is 0.742. The number of hydrogen-bond donors (Lipinski definition) is 1. The van der Waals surface area contributed by atoms with Crippen LogP contribution in [-0.2, 0) is 0 Å². The summed E-state index contributed by atoms with van der Waals surface area (Å²) in [6, 6.07) is 7.80. The van der Waals surface area contributed by atoms with Crippen molar-refractivity contribution in [3.8, 4) is 0 Å². The van der Waals surface area contributed by atoms with Crippen molar-refractivity contribution in [2.75, 3.05) is 0 Å². The lowest BCUT2D eigenvalue weighted by atomic mass is 10.1. The Morgan fingerprint density at radius 2 is 2.00 bits per heavy atom. The number of thioether (sulfide) groups is 1. The van der Waals surface area contributed by atoms with E-state index in [-0.39, 0.29) is 16.9 Å². The molecule has 21 heavy (non-hydrogen) atoms. The molecular formula is C15H16ClN3OS. The van der Waals surface area contributed by atoms with E-state index in [0.717, 1.165) is 22.0 Å². The molecule has 4 nitrogen and oxygen atoms in total. The number of nitrogens with zero attached hydrogens (tertiary/aromatic N) is 2. The van der Waals surface area contributed by atoms with Gasteiger partial charge in [-0.2, -0.15) is 0 Å². The zero-order chi connectivity index (χ0) is 15.1. The Labute approximate surface area is 132 Å². The van der Waals surface area contributed by atoms with Gasteiger partial charge in [-0.05, 0) is 38.5 Å². The Kier molecular flexibility index (Phi) is 3.71. The second kappa shape index (κ2) is 5.39. The van der Waals surface area contributed by atoms with E-state index in [1.165, 1.54) is 0 Å². The first kappa shape index (κ1) is 14.5. The maximum atomic E-state index is 12.4. The Bertz CT molecular complexity index is 758. The van der Waals surface area contributed by atoms with E-state index in [4.69, 9.17) is 11.6 Å². The van der Waals surface area contributed by atoms with Gasteiger partial charge in [0.15, 0.2) is 5.82 Å². The van der Waals surface area contributed by atoms with Gasteiger partial charge in [0.25, 0.3) is 5.56 Å². The highest BCUT2D eigenvalue weighted by Gasteiger charge is 2.30. The molecule has 1 unspecified atom stereocenters. The summed E-state index contributed by atoms with van der Waals surface area (Å²) in [5.41, 5.74) is 1.72. The minimum Gasteiger partial charge on any atom is -0.268 e. The van der Waals surface area contributed by atoms with Crippen molar-refractivity contribution in [3.63, 3.8) is 0 Å².